The van der Waals surface area contributed by atoms with Gasteiger partial charge in [0, 0.05) is 19.2 Å². The summed E-state index contributed by atoms with van der Waals surface area (Å²) in [5.41, 5.74) is 6.58. The van der Waals surface area contributed by atoms with E-state index in [2.05, 4.69) is 5.32 Å². The van der Waals surface area contributed by atoms with Crippen molar-refractivity contribution in [3.8, 4) is 0 Å². The molecule has 1 aromatic rings. The maximum Gasteiger partial charge on any atom is 0.502 e. The summed E-state index contributed by atoms with van der Waals surface area (Å²) in [6.45, 7) is 1.23. The van der Waals surface area contributed by atoms with Crippen molar-refractivity contribution in [2.45, 2.75) is 0 Å². The Morgan fingerprint density at radius 3 is 2.38 bits per heavy atom. The number of nitrogens with two attached hydrogens (primary N) is 1. The molecule has 1 atom stereocenters. The standard InChI is InChI=1S/C7H9N3O2.CH3O2P/c1-9-7-3-2-5(10(11)12)4-6(7)8;1-4(2)3/h2-4,9H,8H2,1H3;1H3/p+1. The molecule has 4 N–H and O–H groups in total. The summed E-state index contributed by atoms with van der Waals surface area (Å²) in [7, 11) is -0.164. The fourth-order valence-electron chi connectivity index (χ4n) is 0.891. The molecule has 0 saturated heterocycles. The van der Waals surface area contributed by atoms with Crippen LogP contribution in [0.5, 0.6) is 0 Å². The van der Waals surface area contributed by atoms with Crippen LogP contribution in [0, 0.1) is 10.1 Å². The molecule has 1 aromatic carbocycles. The molecule has 0 bridgehead atoms. The third-order valence-electron chi connectivity index (χ3n) is 1.52. The van der Waals surface area contributed by atoms with Gasteiger partial charge in [-0.1, -0.05) is 0 Å². The van der Waals surface area contributed by atoms with E-state index >= 15 is 0 Å². The summed E-state index contributed by atoms with van der Waals surface area (Å²) in [6, 6.07) is 4.31. The van der Waals surface area contributed by atoms with E-state index in [9.17, 15) is 10.1 Å². The molecule has 7 nitrogen and oxygen atoms in total. The van der Waals surface area contributed by atoms with Crippen molar-refractivity contribution in [3.63, 3.8) is 0 Å². The number of benzene rings is 1. The van der Waals surface area contributed by atoms with E-state index in [1.165, 1.54) is 18.8 Å². The van der Waals surface area contributed by atoms with Crippen molar-refractivity contribution in [2.75, 3.05) is 24.8 Å². The average molecular weight is 246 g/mol. The van der Waals surface area contributed by atoms with E-state index in [0.717, 1.165) is 0 Å². The molecule has 0 aliphatic carbocycles. The minimum atomic E-state index is -1.87. The van der Waals surface area contributed by atoms with Crippen LogP contribution in [-0.2, 0) is 4.57 Å². The van der Waals surface area contributed by atoms with Gasteiger partial charge < -0.3 is 11.1 Å². The molecule has 0 fully saturated rings. The molecule has 0 aliphatic rings. The maximum absolute atomic E-state index is 10.3. The van der Waals surface area contributed by atoms with Gasteiger partial charge in [-0.05, 0) is 10.6 Å². The zero-order valence-corrected chi connectivity index (χ0v) is 9.77. The minimum absolute atomic E-state index is 0.00602. The number of nitro benzene ring substituents is 1. The van der Waals surface area contributed by atoms with Gasteiger partial charge in [-0.25, -0.2) is 0 Å². The normalized spacial score (nSPS) is 9.81. The largest absolute Gasteiger partial charge is 0.502 e. The van der Waals surface area contributed by atoms with E-state index in [1.807, 2.05) is 0 Å². The van der Waals surface area contributed by atoms with Gasteiger partial charge in [0.1, 0.15) is 0 Å². The van der Waals surface area contributed by atoms with Crippen LogP contribution in [0.3, 0.4) is 0 Å². The first-order chi connectivity index (χ1) is 7.38. The molecule has 0 spiro atoms. The van der Waals surface area contributed by atoms with Gasteiger partial charge in [-0.3, -0.25) is 10.1 Å². The molecule has 1 unspecified atom stereocenters. The highest BCUT2D eigenvalue weighted by atomic mass is 31.1. The van der Waals surface area contributed by atoms with Crippen molar-refractivity contribution in [3.05, 3.63) is 28.3 Å². The highest BCUT2D eigenvalue weighted by Crippen LogP contribution is 2.23. The smallest absolute Gasteiger partial charge is 0.397 e. The third kappa shape index (κ3) is 5.23. The van der Waals surface area contributed by atoms with Crippen molar-refractivity contribution < 1.29 is 14.4 Å². The van der Waals surface area contributed by atoms with E-state index in [4.69, 9.17) is 15.2 Å². The van der Waals surface area contributed by atoms with Crippen LogP contribution >= 0.6 is 8.03 Å². The quantitative estimate of drug-likeness (QED) is 0.315. The van der Waals surface area contributed by atoms with Gasteiger partial charge in [0.2, 0.25) is 0 Å². The topological polar surface area (TPSA) is 118 Å². The van der Waals surface area contributed by atoms with Crippen LogP contribution in [0.4, 0.5) is 17.1 Å². The van der Waals surface area contributed by atoms with Crippen LogP contribution in [0.15, 0.2) is 18.2 Å². The Kier molecular flexibility index (Phi) is 5.99. The highest BCUT2D eigenvalue weighted by Gasteiger charge is 2.06. The van der Waals surface area contributed by atoms with E-state index in [0.29, 0.717) is 11.4 Å². The van der Waals surface area contributed by atoms with Crippen LogP contribution in [-0.4, -0.2) is 23.5 Å². The second-order valence-electron chi connectivity index (χ2n) is 2.74. The number of hydrogen-bond acceptors (Lipinski definition) is 5. The Bertz CT molecular complexity index is 393. The Labute approximate surface area is 93.3 Å². The Balaban J connectivity index is 0.000000487. The number of nitrogen functional groups attached to an aromatic ring is 1. The van der Waals surface area contributed by atoms with Crippen LogP contribution in [0.1, 0.15) is 0 Å². The van der Waals surface area contributed by atoms with Gasteiger partial charge in [-0.15, -0.1) is 0 Å². The molecule has 0 aromatic heterocycles. The number of hydrogen-bond donors (Lipinski definition) is 3. The van der Waals surface area contributed by atoms with E-state index in [1.54, 1.807) is 13.1 Å². The summed E-state index contributed by atoms with van der Waals surface area (Å²) >= 11 is 0. The average Bonchev–Trinajstić information content (AvgIpc) is 2.16. The molecular formula is C8H13N3O4P+. The predicted octanol–water partition coefficient (Wildman–Crippen LogP) is 1.57. The van der Waals surface area contributed by atoms with Crippen molar-refractivity contribution in [1.82, 2.24) is 0 Å². The summed E-state index contributed by atoms with van der Waals surface area (Å²) < 4.78 is 9.15. The minimum Gasteiger partial charge on any atom is -0.397 e. The second-order valence-corrected chi connectivity index (χ2v) is 3.67. The second kappa shape index (κ2) is 6.71. The number of non-ortho nitro benzene ring substituents is 1. The van der Waals surface area contributed by atoms with Gasteiger partial charge >= 0.3 is 8.03 Å². The first kappa shape index (κ1) is 14.3. The highest BCUT2D eigenvalue weighted by molar-refractivity contribution is 7.36. The van der Waals surface area contributed by atoms with Crippen molar-refractivity contribution in [1.29, 1.82) is 0 Å². The number of anilines is 2. The third-order valence-corrected chi connectivity index (χ3v) is 1.52. The Hall–Kier alpha value is -1.72. The van der Waals surface area contributed by atoms with E-state index in [-0.39, 0.29) is 5.69 Å². The first-order valence-corrected chi connectivity index (χ1v) is 5.85. The van der Waals surface area contributed by atoms with Gasteiger partial charge in [0.05, 0.1) is 16.3 Å². The van der Waals surface area contributed by atoms with Gasteiger partial charge in [0.15, 0.2) is 6.66 Å². The summed E-state index contributed by atoms with van der Waals surface area (Å²) in [4.78, 5) is 17.4. The van der Waals surface area contributed by atoms with Crippen molar-refractivity contribution in [2.24, 2.45) is 0 Å². The summed E-state index contributed by atoms with van der Waals surface area (Å²) in [6.07, 6.45) is 0. The number of rotatable bonds is 2. The van der Waals surface area contributed by atoms with Crippen LogP contribution in [0.25, 0.3) is 0 Å². The number of nitrogens with zero attached hydrogens (tertiary/aromatic N) is 1. The molecule has 0 radical (unpaired) electrons. The fraction of sp³-hybridized carbons (Fsp3) is 0.250. The van der Waals surface area contributed by atoms with E-state index < -0.39 is 13.0 Å². The summed E-state index contributed by atoms with van der Waals surface area (Å²) in [5.74, 6) is 0. The lowest BCUT2D eigenvalue weighted by atomic mass is 10.2. The lowest BCUT2D eigenvalue weighted by molar-refractivity contribution is -0.384. The molecule has 0 aliphatic heterocycles. The Morgan fingerprint density at radius 2 is 2.06 bits per heavy atom. The lowest BCUT2D eigenvalue weighted by Crippen LogP contribution is -1.97. The molecular weight excluding hydrogens is 233 g/mol. The molecule has 8 heteroatoms. The number of nitro groups is 1. The SMILES string of the molecule is CNc1ccc([N+](=O)[O-])cc1N.C[P+](=O)O. The maximum atomic E-state index is 10.3. The van der Waals surface area contributed by atoms with Crippen molar-refractivity contribution >= 4 is 25.1 Å². The van der Waals surface area contributed by atoms with Crippen LogP contribution in [0.2, 0.25) is 0 Å². The molecule has 1 rings (SSSR count). The number of nitrogens with one attached hydrogen (secondary N) is 1. The predicted molar refractivity (Wildman–Crippen MR) is 62.8 cm³/mol. The molecule has 88 valence electrons. The molecule has 0 saturated carbocycles. The van der Waals surface area contributed by atoms with Gasteiger partial charge in [-0.2, -0.15) is 4.89 Å². The first-order valence-electron chi connectivity index (χ1n) is 4.20. The lowest BCUT2D eigenvalue weighted by Gasteiger charge is -2.02. The van der Waals surface area contributed by atoms with Crippen LogP contribution < -0.4 is 11.1 Å². The monoisotopic (exact) mass is 246 g/mol. The molecule has 0 heterocycles. The molecule has 16 heavy (non-hydrogen) atoms. The zero-order valence-electron chi connectivity index (χ0n) is 8.88. The van der Waals surface area contributed by atoms with Gasteiger partial charge in [0.25, 0.3) is 5.69 Å². The zero-order chi connectivity index (χ0) is 12.7. The molecule has 0 amide bonds. The summed E-state index contributed by atoms with van der Waals surface area (Å²) in [5, 5.41) is 13.1. The Morgan fingerprint density at radius 1 is 1.56 bits per heavy atom. The fourth-order valence-corrected chi connectivity index (χ4v) is 0.891.